The lowest BCUT2D eigenvalue weighted by atomic mass is 10.2. The maximum Gasteiger partial charge on any atom is 0.254 e. The van der Waals surface area contributed by atoms with Crippen molar-refractivity contribution in [3.8, 4) is 0 Å². The number of aliphatic hydroxyl groups excluding tert-OH is 1. The van der Waals surface area contributed by atoms with Gasteiger partial charge in [-0.15, -0.1) is 0 Å². The fourth-order valence-electron chi connectivity index (χ4n) is 1.21. The lowest BCUT2D eigenvalue weighted by Gasteiger charge is -2.06. The molecule has 0 saturated carbocycles. The maximum absolute atomic E-state index is 13.3. The molecule has 6 heteroatoms. The summed E-state index contributed by atoms with van der Waals surface area (Å²) in [7, 11) is 0. The summed E-state index contributed by atoms with van der Waals surface area (Å²) in [6.07, 6.45) is 0. The number of ether oxygens (including phenoxy) is 1. The van der Waals surface area contributed by atoms with Crippen molar-refractivity contribution in [3.05, 3.63) is 29.6 Å². The highest BCUT2D eigenvalue weighted by molar-refractivity contribution is 5.94. The standard InChI is InChI=1S/C11H15FN2O3/c12-10-7-8(13)1-2-9(10)11(16)14-3-5-17-6-4-15/h1-2,7,15H,3-6,13H2,(H,14,16). The van der Waals surface area contributed by atoms with E-state index in [9.17, 15) is 9.18 Å². The van der Waals surface area contributed by atoms with Crippen LogP contribution in [0, 0.1) is 5.82 Å². The number of anilines is 1. The summed E-state index contributed by atoms with van der Waals surface area (Å²) in [6, 6.07) is 3.88. The van der Waals surface area contributed by atoms with E-state index in [1.807, 2.05) is 0 Å². The number of amides is 1. The van der Waals surface area contributed by atoms with Gasteiger partial charge in [0, 0.05) is 12.2 Å². The SMILES string of the molecule is Nc1ccc(C(=O)NCCOCCO)c(F)c1. The Kier molecular flexibility index (Phi) is 5.38. The van der Waals surface area contributed by atoms with E-state index in [4.69, 9.17) is 15.6 Å². The van der Waals surface area contributed by atoms with Crippen LogP contribution in [-0.4, -0.2) is 37.4 Å². The average molecular weight is 242 g/mol. The Labute approximate surface area is 98.4 Å². The summed E-state index contributed by atoms with van der Waals surface area (Å²) < 4.78 is 18.3. The molecule has 17 heavy (non-hydrogen) atoms. The summed E-state index contributed by atoms with van der Waals surface area (Å²) in [5.41, 5.74) is 5.58. The van der Waals surface area contributed by atoms with Crippen molar-refractivity contribution in [2.75, 3.05) is 32.1 Å². The molecule has 0 aliphatic carbocycles. The smallest absolute Gasteiger partial charge is 0.254 e. The molecule has 0 saturated heterocycles. The zero-order valence-electron chi connectivity index (χ0n) is 9.28. The number of carbonyl (C=O) groups excluding carboxylic acids is 1. The maximum atomic E-state index is 13.3. The van der Waals surface area contributed by atoms with Crippen LogP contribution in [0.5, 0.6) is 0 Å². The first kappa shape index (κ1) is 13.4. The van der Waals surface area contributed by atoms with Crippen molar-refractivity contribution in [3.63, 3.8) is 0 Å². The fourth-order valence-corrected chi connectivity index (χ4v) is 1.21. The number of benzene rings is 1. The molecule has 0 unspecified atom stereocenters. The third-order valence-corrected chi connectivity index (χ3v) is 2.01. The summed E-state index contributed by atoms with van der Waals surface area (Å²) in [5, 5.41) is 10.9. The second kappa shape index (κ2) is 6.82. The van der Waals surface area contributed by atoms with E-state index in [2.05, 4.69) is 5.32 Å². The van der Waals surface area contributed by atoms with Gasteiger partial charge in [0.05, 0.1) is 25.4 Å². The first-order valence-corrected chi connectivity index (χ1v) is 5.17. The minimum Gasteiger partial charge on any atom is -0.399 e. The Bertz CT molecular complexity index is 385. The van der Waals surface area contributed by atoms with Crippen molar-refractivity contribution in [2.24, 2.45) is 0 Å². The zero-order valence-corrected chi connectivity index (χ0v) is 9.28. The lowest BCUT2D eigenvalue weighted by molar-refractivity contribution is 0.0836. The van der Waals surface area contributed by atoms with Crippen LogP contribution < -0.4 is 11.1 Å². The molecular formula is C11H15FN2O3. The Morgan fingerprint density at radius 1 is 1.47 bits per heavy atom. The normalized spacial score (nSPS) is 10.2. The van der Waals surface area contributed by atoms with Crippen molar-refractivity contribution >= 4 is 11.6 Å². The quantitative estimate of drug-likeness (QED) is 0.489. The predicted octanol–water partition coefficient (Wildman–Crippen LogP) is 0.147. The van der Waals surface area contributed by atoms with E-state index in [1.165, 1.54) is 12.1 Å². The number of nitrogens with two attached hydrogens (primary N) is 1. The highest BCUT2D eigenvalue weighted by Crippen LogP contribution is 2.11. The average Bonchev–Trinajstić information content (AvgIpc) is 2.28. The molecule has 0 atom stereocenters. The van der Waals surface area contributed by atoms with Gasteiger partial charge in [0.1, 0.15) is 5.82 Å². The number of carbonyl (C=O) groups is 1. The molecule has 0 spiro atoms. The zero-order chi connectivity index (χ0) is 12.7. The van der Waals surface area contributed by atoms with Gasteiger partial charge in [-0.25, -0.2) is 4.39 Å². The van der Waals surface area contributed by atoms with Crippen molar-refractivity contribution in [1.82, 2.24) is 5.32 Å². The van der Waals surface area contributed by atoms with Gasteiger partial charge < -0.3 is 20.9 Å². The summed E-state index contributed by atoms with van der Waals surface area (Å²) >= 11 is 0. The van der Waals surface area contributed by atoms with Crippen molar-refractivity contribution < 1.29 is 19.0 Å². The van der Waals surface area contributed by atoms with Gasteiger partial charge in [-0.3, -0.25) is 4.79 Å². The first-order chi connectivity index (χ1) is 8.15. The molecular weight excluding hydrogens is 227 g/mol. The van der Waals surface area contributed by atoms with Crippen LogP contribution in [0.1, 0.15) is 10.4 Å². The lowest BCUT2D eigenvalue weighted by Crippen LogP contribution is -2.28. The Balaban J connectivity index is 2.42. The molecule has 4 N–H and O–H groups in total. The van der Waals surface area contributed by atoms with Gasteiger partial charge in [-0.1, -0.05) is 0 Å². The molecule has 0 bridgehead atoms. The molecule has 5 nitrogen and oxygen atoms in total. The van der Waals surface area contributed by atoms with Crippen LogP contribution >= 0.6 is 0 Å². The molecule has 1 rings (SSSR count). The molecule has 0 aromatic heterocycles. The Morgan fingerprint density at radius 2 is 2.24 bits per heavy atom. The highest BCUT2D eigenvalue weighted by atomic mass is 19.1. The largest absolute Gasteiger partial charge is 0.399 e. The minimum atomic E-state index is -0.654. The van der Waals surface area contributed by atoms with E-state index in [0.29, 0.717) is 0 Å². The fraction of sp³-hybridized carbons (Fsp3) is 0.364. The van der Waals surface area contributed by atoms with E-state index in [1.54, 1.807) is 0 Å². The van der Waals surface area contributed by atoms with Crippen LogP contribution in [0.4, 0.5) is 10.1 Å². The number of nitrogen functional groups attached to an aromatic ring is 1. The van der Waals surface area contributed by atoms with Crippen LogP contribution in [0.15, 0.2) is 18.2 Å². The second-order valence-electron chi connectivity index (χ2n) is 3.33. The summed E-state index contributed by atoms with van der Waals surface area (Å²) in [4.78, 5) is 11.5. The van der Waals surface area contributed by atoms with Crippen molar-refractivity contribution in [2.45, 2.75) is 0 Å². The van der Waals surface area contributed by atoms with Crippen LogP contribution in [0.2, 0.25) is 0 Å². The first-order valence-electron chi connectivity index (χ1n) is 5.17. The van der Waals surface area contributed by atoms with Gasteiger partial charge in [0.15, 0.2) is 0 Å². The van der Waals surface area contributed by atoms with Gasteiger partial charge in [-0.2, -0.15) is 0 Å². The second-order valence-corrected chi connectivity index (χ2v) is 3.33. The van der Waals surface area contributed by atoms with E-state index >= 15 is 0 Å². The number of halogens is 1. The molecule has 0 fully saturated rings. The number of nitrogens with one attached hydrogen (secondary N) is 1. The van der Waals surface area contributed by atoms with Crippen LogP contribution in [-0.2, 0) is 4.74 Å². The number of aliphatic hydroxyl groups is 1. The number of hydrogen-bond acceptors (Lipinski definition) is 4. The minimum absolute atomic E-state index is 0.0543. The molecule has 1 amide bonds. The monoisotopic (exact) mass is 242 g/mol. The van der Waals surface area contributed by atoms with E-state index in [-0.39, 0.29) is 37.6 Å². The van der Waals surface area contributed by atoms with Crippen LogP contribution in [0.3, 0.4) is 0 Å². The summed E-state index contributed by atoms with van der Waals surface area (Å²) in [5.74, 6) is -1.17. The molecule has 0 heterocycles. The van der Waals surface area contributed by atoms with Crippen molar-refractivity contribution in [1.29, 1.82) is 0 Å². The third-order valence-electron chi connectivity index (χ3n) is 2.01. The number of hydrogen-bond donors (Lipinski definition) is 3. The molecule has 1 aromatic rings. The molecule has 0 radical (unpaired) electrons. The molecule has 1 aromatic carbocycles. The van der Waals surface area contributed by atoms with E-state index in [0.717, 1.165) is 6.07 Å². The van der Waals surface area contributed by atoms with Gasteiger partial charge in [0.2, 0.25) is 0 Å². The summed E-state index contributed by atoms with van der Waals surface area (Å²) in [6.45, 7) is 0.665. The molecule has 0 aliphatic rings. The predicted molar refractivity (Wildman–Crippen MR) is 61.1 cm³/mol. The van der Waals surface area contributed by atoms with Gasteiger partial charge >= 0.3 is 0 Å². The van der Waals surface area contributed by atoms with Gasteiger partial charge in [0.25, 0.3) is 5.91 Å². The highest BCUT2D eigenvalue weighted by Gasteiger charge is 2.10. The van der Waals surface area contributed by atoms with Gasteiger partial charge in [-0.05, 0) is 18.2 Å². The Hall–Kier alpha value is -1.66. The molecule has 94 valence electrons. The van der Waals surface area contributed by atoms with Crippen LogP contribution in [0.25, 0.3) is 0 Å². The Morgan fingerprint density at radius 3 is 2.88 bits per heavy atom. The molecule has 0 aliphatic heterocycles. The topological polar surface area (TPSA) is 84.6 Å². The third kappa shape index (κ3) is 4.38. The van der Waals surface area contributed by atoms with E-state index < -0.39 is 11.7 Å². The number of rotatable bonds is 6.